The highest BCUT2D eigenvalue weighted by Crippen LogP contribution is 2.36. The maximum atomic E-state index is 12.5. The number of aryl methyl sites for hydroxylation is 1. The van der Waals surface area contributed by atoms with Crippen LogP contribution in [-0.4, -0.2) is 45.5 Å². The predicted molar refractivity (Wildman–Crippen MR) is 147 cm³/mol. The third-order valence-electron chi connectivity index (χ3n) is 5.10. The lowest BCUT2D eigenvalue weighted by molar-refractivity contribution is -0.118. The minimum atomic E-state index is -0.451. The Morgan fingerprint density at radius 2 is 1.71 bits per heavy atom. The third kappa shape index (κ3) is 7.75. The summed E-state index contributed by atoms with van der Waals surface area (Å²) in [6.07, 6.45) is 3.01. The van der Waals surface area contributed by atoms with Gasteiger partial charge in [0.2, 0.25) is 0 Å². The van der Waals surface area contributed by atoms with E-state index in [1.807, 2.05) is 19.1 Å². The van der Waals surface area contributed by atoms with Gasteiger partial charge in [-0.15, -0.1) is 0 Å². The molecule has 0 aliphatic carbocycles. The quantitative estimate of drug-likeness (QED) is 0.191. The highest BCUT2D eigenvalue weighted by atomic mass is 35.5. The molecule has 0 atom stereocenters. The molecular weight excluding hydrogens is 510 g/mol. The molecule has 0 bridgehead atoms. The zero-order valence-corrected chi connectivity index (χ0v) is 22.0. The third-order valence-corrected chi connectivity index (χ3v) is 5.38. The fourth-order valence-corrected chi connectivity index (χ4v) is 3.51. The van der Waals surface area contributed by atoms with Crippen LogP contribution in [0.4, 0.5) is 5.69 Å². The average Bonchev–Trinajstić information content (AvgIpc) is 2.92. The van der Waals surface area contributed by atoms with Gasteiger partial charge in [0, 0.05) is 11.3 Å². The number of amides is 2. The molecule has 0 aliphatic heterocycles. The second kappa shape index (κ2) is 13.7. The molecule has 0 saturated heterocycles. The van der Waals surface area contributed by atoms with Gasteiger partial charge in [0.25, 0.3) is 11.8 Å². The van der Waals surface area contributed by atoms with Crippen LogP contribution in [0.5, 0.6) is 23.0 Å². The minimum absolute atomic E-state index is 0.208. The normalized spacial score (nSPS) is 10.5. The maximum absolute atomic E-state index is 12.5. The van der Waals surface area contributed by atoms with Crippen molar-refractivity contribution in [1.29, 1.82) is 0 Å². The first kappa shape index (κ1) is 28.1. The van der Waals surface area contributed by atoms with Crippen LogP contribution in [0.15, 0.2) is 72.4 Å². The van der Waals surface area contributed by atoms with Gasteiger partial charge in [-0.2, -0.15) is 5.10 Å². The lowest BCUT2D eigenvalue weighted by Crippen LogP contribution is -2.20. The first-order valence-corrected chi connectivity index (χ1v) is 11.8. The Bertz CT molecular complexity index is 1320. The van der Waals surface area contributed by atoms with Gasteiger partial charge in [0.15, 0.2) is 29.6 Å². The van der Waals surface area contributed by atoms with E-state index in [0.717, 1.165) is 5.56 Å². The Labute approximate surface area is 226 Å². The summed E-state index contributed by atoms with van der Waals surface area (Å²) in [6.45, 7) is 5.60. The number of hydrogen-bond donors (Lipinski definition) is 2. The molecule has 9 nitrogen and oxygen atoms in total. The fraction of sp³-hybridized carbons (Fsp3) is 0.179. The number of rotatable bonds is 12. The van der Waals surface area contributed by atoms with E-state index in [4.69, 9.17) is 30.5 Å². The smallest absolute Gasteiger partial charge is 0.271 e. The zero-order valence-electron chi connectivity index (χ0n) is 21.2. The van der Waals surface area contributed by atoms with Gasteiger partial charge in [-0.25, -0.2) is 5.43 Å². The zero-order chi connectivity index (χ0) is 27.5. The van der Waals surface area contributed by atoms with Gasteiger partial charge in [-0.05, 0) is 55.0 Å². The number of methoxy groups -OCH3 is 2. The second-order valence-corrected chi connectivity index (χ2v) is 8.31. The van der Waals surface area contributed by atoms with E-state index in [9.17, 15) is 9.59 Å². The van der Waals surface area contributed by atoms with Crippen molar-refractivity contribution in [1.82, 2.24) is 5.43 Å². The predicted octanol–water partition coefficient (Wildman–Crippen LogP) is 5.01. The molecule has 0 heterocycles. The van der Waals surface area contributed by atoms with Crippen molar-refractivity contribution in [3.63, 3.8) is 0 Å². The van der Waals surface area contributed by atoms with Gasteiger partial charge < -0.3 is 24.3 Å². The molecule has 0 fully saturated rings. The van der Waals surface area contributed by atoms with E-state index in [0.29, 0.717) is 40.7 Å². The number of nitrogens with one attached hydrogen (secondary N) is 2. The van der Waals surface area contributed by atoms with E-state index >= 15 is 0 Å². The molecule has 3 aromatic carbocycles. The average molecular weight is 538 g/mol. The van der Waals surface area contributed by atoms with Crippen molar-refractivity contribution in [3.8, 4) is 23.0 Å². The van der Waals surface area contributed by atoms with Crippen LogP contribution in [0.3, 0.4) is 0 Å². The summed E-state index contributed by atoms with van der Waals surface area (Å²) in [5.41, 5.74) is 5.06. The molecular formula is C28H28ClN3O6. The van der Waals surface area contributed by atoms with Crippen molar-refractivity contribution < 1.29 is 28.5 Å². The standard InChI is InChI=1S/C28H28ClN3O6/c1-5-12-37-23-11-8-20(15-24(23)35-3)28(34)32-30-16-19-13-22(29)27(25(14-19)36-4)38-17-26(33)31-21-9-6-18(2)7-10-21/h5-11,13-16H,1,12,17H2,2-4H3,(H,31,33)(H,32,34)/b30-16+. The Morgan fingerprint density at radius 3 is 2.39 bits per heavy atom. The molecule has 3 rings (SSSR count). The number of hydrogen-bond acceptors (Lipinski definition) is 7. The Balaban J connectivity index is 1.62. The minimum Gasteiger partial charge on any atom is -0.493 e. The van der Waals surface area contributed by atoms with Crippen molar-refractivity contribution in [2.45, 2.75) is 6.92 Å². The monoisotopic (exact) mass is 537 g/mol. The first-order valence-electron chi connectivity index (χ1n) is 11.5. The summed E-state index contributed by atoms with van der Waals surface area (Å²) in [6, 6.07) is 15.3. The molecule has 38 heavy (non-hydrogen) atoms. The van der Waals surface area contributed by atoms with Gasteiger partial charge in [-0.1, -0.05) is 42.0 Å². The number of carbonyl (C=O) groups excluding carboxylic acids is 2. The van der Waals surface area contributed by atoms with Crippen LogP contribution >= 0.6 is 11.6 Å². The molecule has 10 heteroatoms. The molecule has 3 aromatic rings. The topological polar surface area (TPSA) is 107 Å². The molecule has 0 unspecified atom stereocenters. The SMILES string of the molecule is C=CCOc1ccc(C(=O)N/N=C/c2cc(Cl)c(OCC(=O)Nc3ccc(C)cc3)c(OC)c2)cc1OC. The number of ether oxygens (including phenoxy) is 4. The van der Waals surface area contributed by atoms with Crippen LogP contribution < -0.4 is 29.7 Å². The van der Waals surface area contributed by atoms with Crippen molar-refractivity contribution in [2.24, 2.45) is 5.10 Å². The van der Waals surface area contributed by atoms with Crippen LogP contribution in [0.2, 0.25) is 5.02 Å². The van der Waals surface area contributed by atoms with Gasteiger partial charge >= 0.3 is 0 Å². The molecule has 0 spiro atoms. The van der Waals surface area contributed by atoms with E-state index in [1.165, 1.54) is 20.4 Å². The van der Waals surface area contributed by atoms with Crippen molar-refractivity contribution >= 4 is 35.3 Å². The van der Waals surface area contributed by atoms with E-state index in [2.05, 4.69) is 22.4 Å². The molecule has 0 aromatic heterocycles. The van der Waals surface area contributed by atoms with Gasteiger partial charge in [-0.3, -0.25) is 9.59 Å². The summed E-state index contributed by atoms with van der Waals surface area (Å²) in [5.74, 6) is 0.602. The lowest BCUT2D eigenvalue weighted by Gasteiger charge is -2.13. The highest BCUT2D eigenvalue weighted by Gasteiger charge is 2.14. The number of carbonyl (C=O) groups is 2. The van der Waals surface area contributed by atoms with Crippen LogP contribution in [0.1, 0.15) is 21.5 Å². The highest BCUT2D eigenvalue weighted by molar-refractivity contribution is 6.32. The number of hydrazone groups is 1. The van der Waals surface area contributed by atoms with Gasteiger partial charge in [0.1, 0.15) is 6.61 Å². The summed E-state index contributed by atoms with van der Waals surface area (Å²) in [4.78, 5) is 24.8. The largest absolute Gasteiger partial charge is 0.493 e. The van der Waals surface area contributed by atoms with Crippen molar-refractivity contribution in [2.75, 3.05) is 32.8 Å². The fourth-order valence-electron chi connectivity index (χ4n) is 3.23. The summed E-state index contributed by atoms with van der Waals surface area (Å²) in [7, 11) is 2.93. The summed E-state index contributed by atoms with van der Waals surface area (Å²) >= 11 is 6.38. The van der Waals surface area contributed by atoms with E-state index < -0.39 is 5.91 Å². The summed E-state index contributed by atoms with van der Waals surface area (Å²) in [5, 5.41) is 6.95. The molecule has 0 radical (unpaired) electrons. The molecule has 2 N–H and O–H groups in total. The number of benzene rings is 3. The summed E-state index contributed by atoms with van der Waals surface area (Å²) < 4.78 is 21.8. The van der Waals surface area contributed by atoms with E-state index in [-0.39, 0.29) is 23.3 Å². The van der Waals surface area contributed by atoms with Crippen LogP contribution in [-0.2, 0) is 4.79 Å². The number of anilines is 1. The maximum Gasteiger partial charge on any atom is 0.271 e. The Kier molecular flexibility index (Phi) is 10.1. The number of halogens is 1. The number of nitrogens with zero attached hydrogens (tertiary/aromatic N) is 1. The first-order chi connectivity index (χ1) is 18.3. The van der Waals surface area contributed by atoms with Crippen LogP contribution in [0, 0.1) is 6.92 Å². The van der Waals surface area contributed by atoms with Gasteiger partial charge in [0.05, 0.1) is 25.5 Å². The molecule has 0 saturated carbocycles. The molecule has 0 aliphatic rings. The molecule has 2 amide bonds. The van der Waals surface area contributed by atoms with Crippen LogP contribution in [0.25, 0.3) is 0 Å². The lowest BCUT2D eigenvalue weighted by atomic mass is 10.2. The Hall–Kier alpha value is -4.50. The van der Waals surface area contributed by atoms with Crippen molar-refractivity contribution in [3.05, 3.63) is 89.0 Å². The van der Waals surface area contributed by atoms with E-state index in [1.54, 1.807) is 48.5 Å². The second-order valence-electron chi connectivity index (χ2n) is 7.90. The Morgan fingerprint density at radius 1 is 0.974 bits per heavy atom. The molecule has 198 valence electrons.